The molecular weight excluding hydrogens is 514 g/mol. The first-order chi connectivity index (χ1) is 17.1. The van der Waals surface area contributed by atoms with Crippen LogP contribution in [0, 0.1) is 0 Å². The maximum atomic E-state index is 12.8. The number of fused-ring (bicyclic) bond motifs is 1. The predicted molar refractivity (Wildman–Crippen MR) is 128 cm³/mol. The summed E-state index contributed by atoms with van der Waals surface area (Å²) in [6, 6.07) is 5.08. The topological polar surface area (TPSA) is 192 Å². The maximum absolute atomic E-state index is 12.8. The Labute approximate surface area is 210 Å². The molecule has 0 spiro atoms. The summed E-state index contributed by atoms with van der Waals surface area (Å²) in [5.41, 5.74) is -1.20. The van der Waals surface area contributed by atoms with Gasteiger partial charge >= 0.3 is 23.1 Å². The first-order valence-electron chi connectivity index (χ1n) is 10.4. The number of carboxylic acids is 2. The van der Waals surface area contributed by atoms with E-state index < -0.39 is 46.3 Å². The lowest BCUT2D eigenvalue weighted by Crippen LogP contribution is -2.70. The third-order valence-electron chi connectivity index (χ3n) is 5.58. The number of aromatic carboxylic acids is 1. The molecule has 2 unspecified atom stereocenters. The number of nitrogens with one attached hydrogen (secondary N) is 2. The molecule has 0 bridgehead atoms. The Morgan fingerprint density at radius 2 is 1.92 bits per heavy atom. The standard InChI is InChI=1S/C21H19N5O8S2/c1-25-17(30)15(28)23-24-21(25)36-8-10-7-35-18-13(16(29)26(18)14(10)20(33)34)22-12(27)6-9-4-2-3-5-11(9)19(31)32/h2-5,13,18H,6-8H2,1H3,(H,22,27)(H,23,28)(H,31,32)(H,33,34). The molecule has 1 saturated heterocycles. The van der Waals surface area contributed by atoms with Gasteiger partial charge in [0.1, 0.15) is 17.1 Å². The van der Waals surface area contributed by atoms with Gasteiger partial charge in [-0.05, 0) is 17.2 Å². The SMILES string of the molecule is Cn1c(SCC2=C(C(=O)O)N3C(=O)C(NC(=O)Cc4ccccc4C(=O)O)C3SC2)n[nH]c(=O)c1=O. The molecule has 4 N–H and O–H groups in total. The maximum Gasteiger partial charge on any atom is 0.352 e. The molecule has 15 heteroatoms. The first-order valence-corrected chi connectivity index (χ1v) is 12.4. The van der Waals surface area contributed by atoms with E-state index >= 15 is 0 Å². The van der Waals surface area contributed by atoms with Crippen LogP contribution in [0.5, 0.6) is 0 Å². The van der Waals surface area contributed by atoms with E-state index in [4.69, 9.17) is 0 Å². The summed E-state index contributed by atoms with van der Waals surface area (Å²) in [4.78, 5) is 73.0. The molecule has 1 aromatic carbocycles. The second-order valence-corrected chi connectivity index (χ2v) is 9.89. The molecule has 13 nitrogen and oxygen atoms in total. The molecule has 4 rings (SSSR count). The number of aliphatic carboxylic acids is 1. The van der Waals surface area contributed by atoms with Crippen LogP contribution in [0.3, 0.4) is 0 Å². The first kappa shape index (κ1) is 25.2. The number of thioether (sulfide) groups is 2. The highest BCUT2D eigenvalue weighted by molar-refractivity contribution is 8.01. The van der Waals surface area contributed by atoms with E-state index in [-0.39, 0.29) is 39.9 Å². The van der Waals surface area contributed by atoms with Crippen molar-refractivity contribution in [1.29, 1.82) is 0 Å². The Morgan fingerprint density at radius 1 is 1.19 bits per heavy atom. The average Bonchev–Trinajstić information content (AvgIpc) is 2.85. The summed E-state index contributed by atoms with van der Waals surface area (Å²) in [5, 5.41) is 27.1. The number of nitrogens with zero attached hydrogens (tertiary/aromatic N) is 3. The highest BCUT2D eigenvalue weighted by Crippen LogP contribution is 2.41. The molecule has 188 valence electrons. The number of benzene rings is 1. The Kier molecular flexibility index (Phi) is 7.03. The Bertz CT molecular complexity index is 1430. The molecule has 2 aromatic rings. The number of hydrogen-bond acceptors (Lipinski definition) is 9. The van der Waals surface area contributed by atoms with Crippen molar-refractivity contribution in [2.45, 2.75) is 23.0 Å². The van der Waals surface area contributed by atoms with E-state index in [2.05, 4.69) is 15.5 Å². The molecule has 0 saturated carbocycles. The molecule has 1 aromatic heterocycles. The fraction of sp³-hybridized carbons (Fsp3) is 0.286. The van der Waals surface area contributed by atoms with Crippen molar-refractivity contribution < 1.29 is 29.4 Å². The average molecular weight is 534 g/mol. The highest BCUT2D eigenvalue weighted by Gasteiger charge is 2.54. The molecule has 2 amide bonds. The fourth-order valence-corrected chi connectivity index (χ4v) is 6.22. The van der Waals surface area contributed by atoms with Gasteiger partial charge in [0.15, 0.2) is 5.16 Å². The van der Waals surface area contributed by atoms with Gasteiger partial charge in [0.05, 0.1) is 12.0 Å². The number of rotatable bonds is 8. The van der Waals surface area contributed by atoms with E-state index in [1.165, 1.54) is 30.9 Å². The molecule has 36 heavy (non-hydrogen) atoms. The van der Waals surface area contributed by atoms with Gasteiger partial charge in [0.2, 0.25) is 5.91 Å². The third kappa shape index (κ3) is 4.66. The van der Waals surface area contributed by atoms with Crippen molar-refractivity contribution in [3.63, 3.8) is 0 Å². The summed E-state index contributed by atoms with van der Waals surface area (Å²) in [7, 11) is 1.37. The number of hydrogen-bond donors (Lipinski definition) is 4. The van der Waals surface area contributed by atoms with Crippen LogP contribution in [0.4, 0.5) is 0 Å². The summed E-state index contributed by atoms with van der Waals surface area (Å²) < 4.78 is 1.05. The van der Waals surface area contributed by atoms with Crippen LogP contribution in [-0.2, 0) is 27.9 Å². The highest BCUT2D eigenvalue weighted by atomic mass is 32.2. The van der Waals surface area contributed by atoms with Crippen molar-refractivity contribution in [2.75, 3.05) is 11.5 Å². The molecule has 1 fully saturated rings. The lowest BCUT2D eigenvalue weighted by Gasteiger charge is -2.49. The van der Waals surface area contributed by atoms with Crippen molar-refractivity contribution >= 4 is 47.3 Å². The zero-order valence-corrected chi connectivity index (χ0v) is 20.2. The number of carboxylic acid groups (broad SMARTS) is 2. The van der Waals surface area contributed by atoms with E-state index in [9.17, 15) is 39.0 Å². The number of amides is 2. The van der Waals surface area contributed by atoms with Gasteiger partial charge in [-0.1, -0.05) is 30.0 Å². The van der Waals surface area contributed by atoms with Crippen molar-refractivity contribution in [3.8, 4) is 0 Å². The number of carbonyl (C=O) groups is 4. The lowest BCUT2D eigenvalue weighted by molar-refractivity contribution is -0.150. The second kappa shape index (κ2) is 10.0. The number of aromatic nitrogens is 3. The quantitative estimate of drug-likeness (QED) is 0.189. The summed E-state index contributed by atoms with van der Waals surface area (Å²) >= 11 is 2.30. The number of aromatic amines is 1. The minimum Gasteiger partial charge on any atom is -0.478 e. The number of β-lactam (4-membered cyclic amide) rings is 1. The van der Waals surface area contributed by atoms with Gasteiger partial charge in [-0.3, -0.25) is 28.6 Å². The summed E-state index contributed by atoms with van der Waals surface area (Å²) in [6.07, 6.45) is -0.252. The van der Waals surface area contributed by atoms with Crippen LogP contribution in [-0.4, -0.2) is 76.6 Å². The largest absolute Gasteiger partial charge is 0.478 e. The fourth-order valence-electron chi connectivity index (χ4n) is 3.82. The smallest absolute Gasteiger partial charge is 0.352 e. The van der Waals surface area contributed by atoms with Crippen molar-refractivity contribution in [3.05, 3.63) is 67.4 Å². The second-order valence-electron chi connectivity index (χ2n) is 7.84. The van der Waals surface area contributed by atoms with Crippen LogP contribution in [0.15, 0.2) is 50.3 Å². The van der Waals surface area contributed by atoms with Gasteiger partial charge in [0.25, 0.3) is 5.91 Å². The van der Waals surface area contributed by atoms with Crippen molar-refractivity contribution in [1.82, 2.24) is 25.0 Å². The molecule has 0 radical (unpaired) electrons. The minimum absolute atomic E-state index is 0.0195. The normalized spacial score (nSPS) is 18.9. The Morgan fingerprint density at radius 3 is 2.61 bits per heavy atom. The van der Waals surface area contributed by atoms with Crippen LogP contribution >= 0.6 is 23.5 Å². The minimum atomic E-state index is -1.31. The van der Waals surface area contributed by atoms with E-state index in [1.807, 2.05) is 0 Å². The molecule has 2 aliphatic heterocycles. The molecule has 3 heterocycles. The zero-order valence-electron chi connectivity index (χ0n) is 18.6. The van der Waals surface area contributed by atoms with Gasteiger partial charge in [-0.2, -0.15) is 0 Å². The van der Waals surface area contributed by atoms with E-state index in [0.717, 1.165) is 21.2 Å². The van der Waals surface area contributed by atoms with Gasteiger partial charge in [-0.25, -0.2) is 14.7 Å². The van der Waals surface area contributed by atoms with E-state index in [0.29, 0.717) is 5.57 Å². The lowest BCUT2D eigenvalue weighted by atomic mass is 10.0. The van der Waals surface area contributed by atoms with Gasteiger partial charge in [-0.15, -0.1) is 16.9 Å². The summed E-state index contributed by atoms with van der Waals surface area (Å²) in [5.74, 6) is -3.30. The van der Waals surface area contributed by atoms with Crippen LogP contribution in [0.2, 0.25) is 0 Å². The molecule has 2 atom stereocenters. The zero-order chi connectivity index (χ0) is 26.1. The predicted octanol–water partition coefficient (Wildman–Crippen LogP) is -0.760. The summed E-state index contributed by atoms with van der Waals surface area (Å²) in [6.45, 7) is 0. The van der Waals surface area contributed by atoms with Crippen LogP contribution in [0.1, 0.15) is 15.9 Å². The van der Waals surface area contributed by atoms with Crippen molar-refractivity contribution in [2.24, 2.45) is 7.05 Å². The van der Waals surface area contributed by atoms with Crippen LogP contribution in [0.25, 0.3) is 0 Å². The van der Waals surface area contributed by atoms with E-state index in [1.54, 1.807) is 12.1 Å². The number of H-pyrrole nitrogens is 1. The Balaban J connectivity index is 1.47. The van der Waals surface area contributed by atoms with Gasteiger partial charge in [0, 0.05) is 18.6 Å². The van der Waals surface area contributed by atoms with Crippen LogP contribution < -0.4 is 16.4 Å². The Hall–Kier alpha value is -3.85. The monoisotopic (exact) mass is 533 g/mol. The molecule has 2 aliphatic rings. The molecule has 0 aliphatic carbocycles. The number of carbonyl (C=O) groups excluding carboxylic acids is 2. The van der Waals surface area contributed by atoms with Gasteiger partial charge < -0.3 is 15.5 Å². The molecular formula is C21H19N5O8S2. The third-order valence-corrected chi connectivity index (χ3v) is 8.04.